The van der Waals surface area contributed by atoms with E-state index < -0.39 is 18.1 Å². The summed E-state index contributed by atoms with van der Waals surface area (Å²) in [7, 11) is 0. The van der Waals surface area contributed by atoms with Crippen molar-refractivity contribution in [1.82, 2.24) is 5.32 Å². The maximum atomic E-state index is 11.9. The van der Waals surface area contributed by atoms with Crippen molar-refractivity contribution in [2.24, 2.45) is 0 Å². The minimum absolute atomic E-state index is 0.352. The Balaban J connectivity index is 2.28. The van der Waals surface area contributed by atoms with Crippen LogP contribution in [0.25, 0.3) is 0 Å². The molecule has 0 radical (unpaired) electrons. The molecule has 0 heterocycles. The molecule has 2 atom stereocenters. The van der Waals surface area contributed by atoms with E-state index in [4.69, 9.17) is 10.00 Å². The third-order valence-corrected chi connectivity index (χ3v) is 2.83. The Kier molecular flexibility index (Phi) is 5.00. The Bertz CT molecular complexity index is 309. The van der Waals surface area contributed by atoms with E-state index in [0.717, 1.165) is 12.8 Å². The summed E-state index contributed by atoms with van der Waals surface area (Å²) in [4.78, 5) is 0. The van der Waals surface area contributed by atoms with E-state index in [1.54, 1.807) is 13.8 Å². The fourth-order valence-electron chi connectivity index (χ4n) is 1.82. The standard InChI is InChI=1S/C12H19F3N2O/c1-9(18-6-5-12(13,14)15)7-11(2,8-16)17-10-3-4-10/h9-10,17H,3-7H2,1-2H3. The zero-order chi connectivity index (χ0) is 13.8. The van der Waals surface area contributed by atoms with Gasteiger partial charge in [-0.15, -0.1) is 0 Å². The fourth-order valence-corrected chi connectivity index (χ4v) is 1.82. The first kappa shape index (κ1) is 15.3. The van der Waals surface area contributed by atoms with E-state index >= 15 is 0 Å². The molecule has 1 fully saturated rings. The van der Waals surface area contributed by atoms with E-state index in [1.165, 1.54) is 0 Å². The van der Waals surface area contributed by atoms with Crippen molar-refractivity contribution in [3.63, 3.8) is 0 Å². The van der Waals surface area contributed by atoms with Crippen molar-refractivity contribution in [2.75, 3.05) is 6.61 Å². The normalized spacial score (nSPS) is 21.1. The van der Waals surface area contributed by atoms with Gasteiger partial charge < -0.3 is 4.74 Å². The first-order valence-electron chi connectivity index (χ1n) is 6.11. The van der Waals surface area contributed by atoms with Crippen molar-refractivity contribution in [3.8, 4) is 6.07 Å². The number of halogens is 3. The summed E-state index contributed by atoms with van der Waals surface area (Å²) in [6.07, 6.45) is -3.01. The summed E-state index contributed by atoms with van der Waals surface area (Å²) in [5.74, 6) is 0. The Morgan fingerprint density at radius 3 is 2.50 bits per heavy atom. The Hall–Kier alpha value is -0.800. The van der Waals surface area contributed by atoms with Crippen LogP contribution in [0.1, 0.15) is 39.5 Å². The topological polar surface area (TPSA) is 45.0 Å². The lowest BCUT2D eigenvalue weighted by Crippen LogP contribution is -2.45. The van der Waals surface area contributed by atoms with Crippen molar-refractivity contribution in [1.29, 1.82) is 5.26 Å². The van der Waals surface area contributed by atoms with Crippen LogP contribution in [0.2, 0.25) is 0 Å². The highest BCUT2D eigenvalue weighted by Gasteiger charge is 2.34. The molecule has 0 bridgehead atoms. The Labute approximate surface area is 105 Å². The molecule has 1 rings (SSSR count). The van der Waals surface area contributed by atoms with E-state index in [1.807, 2.05) is 0 Å². The molecule has 1 aliphatic carbocycles. The van der Waals surface area contributed by atoms with E-state index in [9.17, 15) is 13.2 Å². The van der Waals surface area contributed by atoms with Crippen molar-refractivity contribution < 1.29 is 17.9 Å². The van der Waals surface area contributed by atoms with Gasteiger partial charge in [0.05, 0.1) is 25.2 Å². The smallest absolute Gasteiger partial charge is 0.378 e. The molecular formula is C12H19F3N2O. The molecule has 0 amide bonds. The third-order valence-electron chi connectivity index (χ3n) is 2.83. The number of nitriles is 1. The van der Waals surface area contributed by atoms with Gasteiger partial charge in [-0.05, 0) is 26.7 Å². The molecular weight excluding hydrogens is 245 g/mol. The molecule has 1 N–H and O–H groups in total. The fraction of sp³-hybridized carbons (Fsp3) is 0.917. The molecule has 0 aromatic carbocycles. The number of rotatable bonds is 7. The summed E-state index contributed by atoms with van der Waals surface area (Å²) < 4.78 is 40.9. The average molecular weight is 264 g/mol. The molecule has 104 valence electrons. The van der Waals surface area contributed by atoms with Crippen molar-refractivity contribution in [3.05, 3.63) is 0 Å². The van der Waals surface area contributed by atoms with Crippen LogP contribution in [-0.4, -0.2) is 30.5 Å². The monoisotopic (exact) mass is 264 g/mol. The quantitative estimate of drug-likeness (QED) is 0.769. The van der Waals surface area contributed by atoms with Crippen LogP contribution < -0.4 is 5.32 Å². The second-order valence-corrected chi connectivity index (χ2v) is 5.11. The molecule has 0 spiro atoms. The van der Waals surface area contributed by atoms with Crippen LogP contribution in [0, 0.1) is 11.3 Å². The van der Waals surface area contributed by atoms with Crippen LogP contribution in [0.3, 0.4) is 0 Å². The molecule has 6 heteroatoms. The van der Waals surface area contributed by atoms with E-state index in [-0.39, 0.29) is 12.7 Å². The molecule has 0 saturated heterocycles. The third kappa shape index (κ3) is 6.22. The number of ether oxygens (including phenoxy) is 1. The second kappa shape index (κ2) is 5.89. The molecule has 1 aliphatic rings. The maximum absolute atomic E-state index is 11.9. The summed E-state index contributed by atoms with van der Waals surface area (Å²) in [6, 6.07) is 2.55. The van der Waals surface area contributed by atoms with Crippen LogP contribution in [0.4, 0.5) is 13.2 Å². The SMILES string of the molecule is CC(CC(C)(C#N)NC1CC1)OCCC(F)(F)F. The van der Waals surface area contributed by atoms with E-state index in [2.05, 4.69) is 11.4 Å². The van der Waals surface area contributed by atoms with Crippen molar-refractivity contribution >= 4 is 0 Å². The molecule has 3 nitrogen and oxygen atoms in total. The van der Waals surface area contributed by atoms with Crippen LogP contribution >= 0.6 is 0 Å². The average Bonchev–Trinajstić information content (AvgIpc) is 2.99. The minimum atomic E-state index is -4.19. The van der Waals surface area contributed by atoms with Gasteiger partial charge in [-0.2, -0.15) is 18.4 Å². The minimum Gasteiger partial charge on any atom is -0.378 e. The highest BCUT2D eigenvalue weighted by molar-refractivity contribution is 5.07. The highest BCUT2D eigenvalue weighted by atomic mass is 19.4. The van der Waals surface area contributed by atoms with Crippen LogP contribution in [0.15, 0.2) is 0 Å². The Morgan fingerprint density at radius 1 is 1.44 bits per heavy atom. The van der Waals surface area contributed by atoms with Gasteiger partial charge in [-0.3, -0.25) is 5.32 Å². The van der Waals surface area contributed by atoms with Gasteiger partial charge >= 0.3 is 6.18 Å². The number of hydrogen-bond donors (Lipinski definition) is 1. The number of alkyl halides is 3. The molecule has 1 saturated carbocycles. The van der Waals surface area contributed by atoms with E-state index in [0.29, 0.717) is 12.5 Å². The maximum Gasteiger partial charge on any atom is 0.391 e. The summed E-state index contributed by atoms with van der Waals surface area (Å²) in [6.45, 7) is 3.10. The zero-order valence-electron chi connectivity index (χ0n) is 10.7. The highest BCUT2D eigenvalue weighted by Crippen LogP contribution is 2.25. The summed E-state index contributed by atoms with van der Waals surface area (Å²) in [5.41, 5.74) is -0.723. The largest absolute Gasteiger partial charge is 0.391 e. The lowest BCUT2D eigenvalue weighted by Gasteiger charge is -2.26. The molecule has 0 aromatic heterocycles. The van der Waals surface area contributed by atoms with Crippen molar-refractivity contribution in [2.45, 2.75) is 63.4 Å². The van der Waals surface area contributed by atoms with Gasteiger partial charge in [0.15, 0.2) is 0 Å². The molecule has 0 aromatic rings. The van der Waals surface area contributed by atoms with Crippen LogP contribution in [-0.2, 0) is 4.74 Å². The lowest BCUT2D eigenvalue weighted by molar-refractivity contribution is -0.148. The van der Waals surface area contributed by atoms with Gasteiger partial charge in [0.25, 0.3) is 0 Å². The molecule has 18 heavy (non-hydrogen) atoms. The number of nitrogens with one attached hydrogen (secondary N) is 1. The Morgan fingerprint density at radius 2 is 2.06 bits per heavy atom. The van der Waals surface area contributed by atoms with Gasteiger partial charge in [0.2, 0.25) is 0 Å². The predicted molar refractivity (Wildman–Crippen MR) is 60.9 cm³/mol. The first-order valence-corrected chi connectivity index (χ1v) is 6.11. The summed E-state index contributed by atoms with van der Waals surface area (Å²) >= 11 is 0. The first-order chi connectivity index (χ1) is 8.24. The lowest BCUT2D eigenvalue weighted by atomic mass is 9.96. The van der Waals surface area contributed by atoms with Gasteiger partial charge in [-0.1, -0.05) is 0 Å². The second-order valence-electron chi connectivity index (χ2n) is 5.11. The molecule has 0 aliphatic heterocycles. The number of nitrogens with zero attached hydrogens (tertiary/aromatic N) is 1. The molecule has 2 unspecified atom stereocenters. The van der Waals surface area contributed by atoms with Gasteiger partial charge in [0, 0.05) is 12.5 Å². The zero-order valence-corrected chi connectivity index (χ0v) is 10.7. The van der Waals surface area contributed by atoms with Crippen LogP contribution in [0.5, 0.6) is 0 Å². The van der Waals surface area contributed by atoms with Gasteiger partial charge in [-0.25, -0.2) is 0 Å². The summed E-state index contributed by atoms with van der Waals surface area (Å²) in [5, 5.41) is 12.3. The predicted octanol–water partition coefficient (Wildman–Crippen LogP) is 2.77. The number of hydrogen-bond acceptors (Lipinski definition) is 3. The van der Waals surface area contributed by atoms with Gasteiger partial charge in [0.1, 0.15) is 5.54 Å².